The van der Waals surface area contributed by atoms with Gasteiger partial charge >= 0.3 is 0 Å². The van der Waals surface area contributed by atoms with E-state index in [0.717, 1.165) is 19.4 Å². The van der Waals surface area contributed by atoms with Crippen LogP contribution in [0.25, 0.3) is 0 Å². The molecule has 1 spiro atoms. The first-order valence-corrected chi connectivity index (χ1v) is 3.90. The summed E-state index contributed by atoms with van der Waals surface area (Å²) < 4.78 is 5.23. The van der Waals surface area contributed by atoms with E-state index < -0.39 is 0 Å². The van der Waals surface area contributed by atoms with Crippen molar-refractivity contribution in [3.05, 3.63) is 0 Å². The minimum atomic E-state index is 0.281. The Hall–Kier alpha value is -0.370. The minimum absolute atomic E-state index is 0.281. The second-order valence-corrected chi connectivity index (χ2v) is 3.53. The van der Waals surface area contributed by atoms with Crippen molar-refractivity contribution >= 4 is 5.78 Å². The number of hydrogen-bond donors (Lipinski definition) is 0. The molecular weight excluding hydrogens is 128 g/mol. The van der Waals surface area contributed by atoms with Crippen LogP contribution in [0.1, 0.15) is 25.7 Å². The molecule has 2 aliphatic rings. The van der Waals surface area contributed by atoms with Crippen LogP contribution in [0.5, 0.6) is 0 Å². The molecule has 0 aromatic rings. The second-order valence-electron chi connectivity index (χ2n) is 3.53. The van der Waals surface area contributed by atoms with Gasteiger partial charge in [-0.05, 0) is 24.7 Å². The van der Waals surface area contributed by atoms with E-state index in [9.17, 15) is 4.79 Å². The molecule has 0 N–H and O–H groups in total. The Bertz CT molecular complexity index is 159. The third-order valence-electron chi connectivity index (χ3n) is 2.56. The number of carbonyl (C=O) groups excluding carboxylic acids is 1. The van der Waals surface area contributed by atoms with Crippen LogP contribution in [0.4, 0.5) is 0 Å². The van der Waals surface area contributed by atoms with Gasteiger partial charge in [0.05, 0.1) is 6.61 Å². The molecule has 2 rings (SSSR count). The monoisotopic (exact) mass is 140 g/mol. The van der Waals surface area contributed by atoms with Gasteiger partial charge in [0.1, 0.15) is 6.61 Å². The first-order valence-electron chi connectivity index (χ1n) is 3.90. The van der Waals surface area contributed by atoms with Crippen LogP contribution in [0.2, 0.25) is 0 Å². The highest BCUT2D eigenvalue weighted by atomic mass is 16.5. The molecule has 1 saturated carbocycles. The van der Waals surface area contributed by atoms with Crippen LogP contribution < -0.4 is 0 Å². The summed E-state index contributed by atoms with van der Waals surface area (Å²) in [6, 6.07) is 0. The molecule has 1 saturated heterocycles. The molecule has 10 heavy (non-hydrogen) atoms. The van der Waals surface area contributed by atoms with Crippen LogP contribution in [0.15, 0.2) is 0 Å². The molecule has 1 aliphatic heterocycles. The normalized spacial score (nSPS) is 30.2. The van der Waals surface area contributed by atoms with Crippen LogP contribution in [-0.2, 0) is 9.53 Å². The number of Topliss-reactive ketones (excluding diaryl/α,β-unsaturated/α-hetero) is 1. The van der Waals surface area contributed by atoms with Crippen molar-refractivity contribution in [1.29, 1.82) is 0 Å². The molecule has 0 unspecified atom stereocenters. The molecule has 0 atom stereocenters. The third-order valence-corrected chi connectivity index (χ3v) is 2.56. The fourth-order valence-corrected chi connectivity index (χ4v) is 1.50. The van der Waals surface area contributed by atoms with E-state index in [-0.39, 0.29) is 5.78 Å². The van der Waals surface area contributed by atoms with Crippen molar-refractivity contribution in [2.45, 2.75) is 25.7 Å². The molecule has 56 valence electrons. The SMILES string of the molecule is O=C1CCC2(CC2)COC1. The summed E-state index contributed by atoms with van der Waals surface area (Å²) in [4.78, 5) is 10.9. The maximum Gasteiger partial charge on any atom is 0.158 e. The Kier molecular flexibility index (Phi) is 1.31. The first-order chi connectivity index (χ1) is 4.81. The molecule has 0 amide bonds. The van der Waals surface area contributed by atoms with Crippen LogP contribution in [0.3, 0.4) is 0 Å². The summed E-state index contributed by atoms with van der Waals surface area (Å²) in [5.41, 5.74) is 0.451. The molecule has 2 nitrogen and oxygen atoms in total. The summed E-state index contributed by atoms with van der Waals surface area (Å²) in [5, 5.41) is 0. The zero-order valence-corrected chi connectivity index (χ0v) is 6.06. The van der Waals surface area contributed by atoms with Gasteiger partial charge in [-0.2, -0.15) is 0 Å². The molecule has 1 aliphatic carbocycles. The van der Waals surface area contributed by atoms with E-state index in [1.807, 2.05) is 0 Å². The Balaban J connectivity index is 1.98. The Morgan fingerprint density at radius 1 is 1.30 bits per heavy atom. The third kappa shape index (κ3) is 1.08. The van der Waals surface area contributed by atoms with E-state index in [0.29, 0.717) is 12.0 Å². The molecule has 1 heterocycles. The topological polar surface area (TPSA) is 26.3 Å². The minimum Gasteiger partial charge on any atom is -0.373 e. The Labute approximate surface area is 60.6 Å². The van der Waals surface area contributed by atoms with Gasteiger partial charge in [0.15, 0.2) is 5.78 Å². The first kappa shape index (κ1) is 6.35. The van der Waals surface area contributed by atoms with Crippen LogP contribution in [-0.4, -0.2) is 19.0 Å². The number of rotatable bonds is 0. The maximum atomic E-state index is 10.9. The number of ketones is 1. The molecule has 0 aromatic heterocycles. The van der Waals surface area contributed by atoms with Gasteiger partial charge in [0.2, 0.25) is 0 Å². The van der Waals surface area contributed by atoms with E-state index in [1.54, 1.807) is 0 Å². The Morgan fingerprint density at radius 3 is 2.80 bits per heavy atom. The Morgan fingerprint density at radius 2 is 2.10 bits per heavy atom. The highest BCUT2D eigenvalue weighted by molar-refractivity contribution is 5.79. The summed E-state index contributed by atoms with van der Waals surface area (Å²) >= 11 is 0. The molecule has 0 aromatic carbocycles. The van der Waals surface area contributed by atoms with E-state index in [1.165, 1.54) is 12.8 Å². The van der Waals surface area contributed by atoms with E-state index >= 15 is 0 Å². The zero-order chi connectivity index (χ0) is 7.03. The van der Waals surface area contributed by atoms with Crippen LogP contribution in [0, 0.1) is 5.41 Å². The summed E-state index contributed by atoms with van der Waals surface area (Å²) in [5.74, 6) is 0.281. The largest absolute Gasteiger partial charge is 0.373 e. The maximum absolute atomic E-state index is 10.9. The van der Waals surface area contributed by atoms with E-state index in [4.69, 9.17) is 4.74 Å². The lowest BCUT2D eigenvalue weighted by Gasteiger charge is -2.07. The number of hydrogen-bond acceptors (Lipinski definition) is 2. The van der Waals surface area contributed by atoms with Crippen LogP contribution >= 0.6 is 0 Å². The number of ether oxygens (including phenoxy) is 1. The van der Waals surface area contributed by atoms with Gasteiger partial charge < -0.3 is 4.74 Å². The van der Waals surface area contributed by atoms with Gasteiger partial charge in [-0.25, -0.2) is 0 Å². The fourth-order valence-electron chi connectivity index (χ4n) is 1.50. The van der Waals surface area contributed by atoms with Crippen molar-refractivity contribution < 1.29 is 9.53 Å². The average molecular weight is 140 g/mol. The van der Waals surface area contributed by atoms with Crippen molar-refractivity contribution in [2.75, 3.05) is 13.2 Å². The summed E-state index contributed by atoms with van der Waals surface area (Å²) in [6.45, 7) is 1.19. The predicted molar refractivity (Wildman–Crippen MR) is 36.7 cm³/mol. The van der Waals surface area contributed by atoms with Gasteiger partial charge in [-0.3, -0.25) is 4.79 Å². The van der Waals surface area contributed by atoms with Crippen molar-refractivity contribution in [3.63, 3.8) is 0 Å². The van der Waals surface area contributed by atoms with Crippen molar-refractivity contribution in [2.24, 2.45) is 5.41 Å². The van der Waals surface area contributed by atoms with Gasteiger partial charge in [-0.1, -0.05) is 0 Å². The second kappa shape index (κ2) is 2.06. The quantitative estimate of drug-likeness (QED) is 0.504. The highest BCUT2D eigenvalue weighted by Crippen LogP contribution is 2.50. The summed E-state index contributed by atoms with van der Waals surface area (Å²) in [6.07, 6.45) is 4.38. The van der Waals surface area contributed by atoms with E-state index in [2.05, 4.69) is 0 Å². The number of carbonyl (C=O) groups is 1. The average Bonchev–Trinajstić information content (AvgIpc) is 2.67. The predicted octanol–water partition coefficient (Wildman–Crippen LogP) is 1.15. The zero-order valence-electron chi connectivity index (χ0n) is 6.06. The molecular formula is C8H12O2. The fraction of sp³-hybridized carbons (Fsp3) is 0.875. The van der Waals surface area contributed by atoms with Gasteiger partial charge in [-0.15, -0.1) is 0 Å². The molecule has 0 radical (unpaired) electrons. The lowest BCUT2D eigenvalue weighted by molar-refractivity contribution is -0.122. The lowest BCUT2D eigenvalue weighted by Crippen LogP contribution is -2.07. The highest BCUT2D eigenvalue weighted by Gasteiger charge is 2.43. The molecule has 0 bridgehead atoms. The lowest BCUT2D eigenvalue weighted by atomic mass is 10.0. The van der Waals surface area contributed by atoms with Gasteiger partial charge in [0, 0.05) is 6.42 Å². The summed E-state index contributed by atoms with van der Waals surface area (Å²) in [7, 11) is 0. The molecule has 2 fully saturated rings. The molecule has 2 heteroatoms. The van der Waals surface area contributed by atoms with Gasteiger partial charge in [0.25, 0.3) is 0 Å². The van der Waals surface area contributed by atoms with Crippen molar-refractivity contribution in [3.8, 4) is 0 Å². The van der Waals surface area contributed by atoms with Crippen molar-refractivity contribution in [1.82, 2.24) is 0 Å². The standard InChI is InChI=1S/C8H12O2/c9-7-1-2-8(3-4-8)6-10-5-7/h1-6H2. The smallest absolute Gasteiger partial charge is 0.158 e.